The van der Waals surface area contributed by atoms with E-state index < -0.39 is 10.0 Å². The van der Waals surface area contributed by atoms with Crippen molar-refractivity contribution in [2.24, 2.45) is 0 Å². The lowest BCUT2D eigenvalue weighted by Gasteiger charge is -2.25. The van der Waals surface area contributed by atoms with Gasteiger partial charge >= 0.3 is 0 Å². The lowest BCUT2D eigenvalue weighted by atomic mass is 10.2. The van der Waals surface area contributed by atoms with Gasteiger partial charge in [-0.25, -0.2) is 8.42 Å². The summed E-state index contributed by atoms with van der Waals surface area (Å²) >= 11 is 11.8. The van der Waals surface area contributed by atoms with Gasteiger partial charge in [-0.2, -0.15) is 4.31 Å². The molecule has 27 heavy (non-hydrogen) atoms. The van der Waals surface area contributed by atoms with Gasteiger partial charge in [0.2, 0.25) is 10.0 Å². The molecule has 0 radical (unpaired) electrons. The summed E-state index contributed by atoms with van der Waals surface area (Å²) < 4.78 is 26.8. The van der Waals surface area contributed by atoms with Gasteiger partial charge in [-0.1, -0.05) is 41.8 Å². The highest BCUT2D eigenvalue weighted by atomic mass is 35.5. The van der Waals surface area contributed by atoms with Gasteiger partial charge in [0.1, 0.15) is 0 Å². The molecule has 0 aromatic heterocycles. The Morgan fingerprint density at radius 1 is 0.963 bits per heavy atom. The Morgan fingerprint density at radius 3 is 2.15 bits per heavy atom. The van der Waals surface area contributed by atoms with Gasteiger partial charge in [-0.05, 0) is 48.7 Å². The van der Waals surface area contributed by atoms with Crippen molar-refractivity contribution in [1.29, 1.82) is 0 Å². The number of hydrogen-bond donors (Lipinski definition) is 1. The zero-order valence-corrected chi connectivity index (χ0v) is 16.9. The lowest BCUT2D eigenvalue weighted by molar-refractivity contribution is 0.0951. The average molecular weight is 427 g/mol. The second kappa shape index (κ2) is 8.61. The van der Waals surface area contributed by atoms with Crippen LogP contribution in [0.5, 0.6) is 0 Å². The maximum atomic E-state index is 12.6. The summed E-state index contributed by atoms with van der Waals surface area (Å²) in [6.45, 7) is 1.41. The van der Waals surface area contributed by atoms with E-state index in [0.29, 0.717) is 28.7 Å². The van der Waals surface area contributed by atoms with E-state index in [1.165, 1.54) is 16.4 Å². The van der Waals surface area contributed by atoms with Gasteiger partial charge in [0.25, 0.3) is 5.91 Å². The SMILES string of the molecule is O=C(NCc1ccc(S(=O)(=O)N2CCCCC2)cc1)c1cc(Cl)cc(Cl)c1. The Bertz CT molecular complexity index is 904. The first-order chi connectivity index (χ1) is 12.9. The molecule has 0 bridgehead atoms. The molecule has 0 atom stereocenters. The molecular formula is C19H20Cl2N2O3S. The van der Waals surface area contributed by atoms with Crippen LogP contribution >= 0.6 is 23.2 Å². The highest BCUT2D eigenvalue weighted by Crippen LogP contribution is 2.21. The van der Waals surface area contributed by atoms with E-state index in [1.807, 2.05) is 0 Å². The number of rotatable bonds is 5. The molecule has 1 heterocycles. The highest BCUT2D eigenvalue weighted by molar-refractivity contribution is 7.89. The standard InChI is InChI=1S/C19H20Cl2N2O3S/c20-16-10-15(11-17(21)12-16)19(24)22-13-14-4-6-18(7-5-14)27(25,26)23-8-2-1-3-9-23/h4-7,10-12H,1-3,8-9,13H2,(H,22,24). The van der Waals surface area contributed by atoms with Gasteiger partial charge in [0.15, 0.2) is 0 Å². The summed E-state index contributed by atoms with van der Waals surface area (Å²) in [5, 5.41) is 3.55. The van der Waals surface area contributed by atoms with Crippen molar-refractivity contribution < 1.29 is 13.2 Å². The van der Waals surface area contributed by atoms with Gasteiger partial charge in [-0.3, -0.25) is 4.79 Å². The first-order valence-electron chi connectivity index (χ1n) is 8.70. The maximum Gasteiger partial charge on any atom is 0.251 e. The first-order valence-corrected chi connectivity index (χ1v) is 10.9. The van der Waals surface area contributed by atoms with E-state index in [9.17, 15) is 13.2 Å². The Morgan fingerprint density at radius 2 is 1.56 bits per heavy atom. The number of sulfonamides is 1. The second-order valence-corrected chi connectivity index (χ2v) is 9.26. The van der Waals surface area contributed by atoms with Crippen molar-refractivity contribution >= 4 is 39.1 Å². The molecule has 2 aromatic rings. The van der Waals surface area contributed by atoms with Gasteiger partial charge < -0.3 is 5.32 Å². The molecule has 0 saturated carbocycles. The zero-order valence-electron chi connectivity index (χ0n) is 14.6. The molecule has 1 aliphatic rings. The maximum absolute atomic E-state index is 12.6. The number of benzene rings is 2. The van der Waals surface area contributed by atoms with Crippen LogP contribution in [0.15, 0.2) is 47.4 Å². The predicted octanol–water partition coefficient (Wildman–Crippen LogP) is 4.10. The molecule has 2 aromatic carbocycles. The third-order valence-corrected chi connectivity index (χ3v) is 6.80. The van der Waals surface area contributed by atoms with Crippen LogP contribution in [-0.4, -0.2) is 31.7 Å². The van der Waals surface area contributed by atoms with Crippen molar-refractivity contribution in [2.45, 2.75) is 30.7 Å². The van der Waals surface area contributed by atoms with Crippen molar-refractivity contribution in [3.8, 4) is 0 Å². The number of amides is 1. The van der Waals surface area contributed by atoms with Gasteiger partial charge in [-0.15, -0.1) is 0 Å². The molecular weight excluding hydrogens is 407 g/mol. The molecule has 5 nitrogen and oxygen atoms in total. The predicted molar refractivity (Wildman–Crippen MR) is 107 cm³/mol. The van der Waals surface area contributed by atoms with Crippen LogP contribution < -0.4 is 5.32 Å². The van der Waals surface area contributed by atoms with Crippen LogP contribution in [0, 0.1) is 0 Å². The van der Waals surface area contributed by atoms with Crippen LogP contribution in [0.1, 0.15) is 35.2 Å². The summed E-state index contributed by atoms with van der Waals surface area (Å²) in [7, 11) is -3.45. The molecule has 1 amide bonds. The summed E-state index contributed by atoms with van der Waals surface area (Å²) in [5.41, 5.74) is 1.17. The number of halogens is 2. The number of nitrogens with one attached hydrogen (secondary N) is 1. The first kappa shape index (κ1) is 20.1. The number of piperidine rings is 1. The molecule has 144 valence electrons. The second-order valence-electron chi connectivity index (χ2n) is 6.45. The monoisotopic (exact) mass is 426 g/mol. The van der Waals surface area contributed by atoms with E-state index in [-0.39, 0.29) is 17.3 Å². The van der Waals surface area contributed by atoms with Gasteiger partial charge in [0.05, 0.1) is 4.90 Å². The Hall–Kier alpha value is -1.60. The molecule has 1 N–H and O–H groups in total. The minimum Gasteiger partial charge on any atom is -0.348 e. The average Bonchev–Trinajstić information content (AvgIpc) is 2.66. The van der Waals surface area contributed by atoms with Crippen molar-refractivity contribution in [2.75, 3.05) is 13.1 Å². The summed E-state index contributed by atoms with van der Waals surface area (Å²) in [4.78, 5) is 12.5. The summed E-state index contributed by atoms with van der Waals surface area (Å²) in [6, 6.07) is 11.2. The van der Waals surface area contributed by atoms with Crippen LogP contribution in [0.25, 0.3) is 0 Å². The van der Waals surface area contributed by atoms with Gasteiger partial charge in [0, 0.05) is 35.2 Å². The minimum atomic E-state index is -3.45. The van der Waals surface area contributed by atoms with Crippen LogP contribution in [0.4, 0.5) is 0 Å². The molecule has 3 rings (SSSR count). The molecule has 0 unspecified atom stereocenters. The normalized spacial score (nSPS) is 15.5. The van der Waals surface area contributed by atoms with Crippen molar-refractivity contribution in [3.63, 3.8) is 0 Å². The van der Waals surface area contributed by atoms with E-state index in [2.05, 4.69) is 5.32 Å². The Kier molecular flexibility index (Phi) is 6.42. The number of carbonyl (C=O) groups is 1. The molecule has 1 saturated heterocycles. The molecule has 1 fully saturated rings. The van der Waals surface area contributed by atoms with Crippen LogP contribution in [0.2, 0.25) is 10.0 Å². The van der Waals surface area contributed by atoms with Crippen LogP contribution in [0.3, 0.4) is 0 Å². The smallest absolute Gasteiger partial charge is 0.251 e. The fraction of sp³-hybridized carbons (Fsp3) is 0.316. The fourth-order valence-electron chi connectivity index (χ4n) is 3.00. The number of hydrogen-bond acceptors (Lipinski definition) is 3. The minimum absolute atomic E-state index is 0.271. The summed E-state index contributed by atoms with van der Waals surface area (Å²) in [5.74, 6) is -0.301. The topological polar surface area (TPSA) is 66.5 Å². The molecule has 0 spiro atoms. The number of nitrogens with zero attached hydrogens (tertiary/aromatic N) is 1. The third kappa shape index (κ3) is 5.02. The number of carbonyl (C=O) groups excluding carboxylic acids is 1. The quantitative estimate of drug-likeness (QED) is 0.782. The molecule has 1 aliphatic heterocycles. The van der Waals surface area contributed by atoms with E-state index in [1.54, 1.807) is 30.3 Å². The lowest BCUT2D eigenvalue weighted by Crippen LogP contribution is -2.35. The Balaban J connectivity index is 1.64. The molecule has 0 aliphatic carbocycles. The van der Waals surface area contributed by atoms with Crippen LogP contribution in [-0.2, 0) is 16.6 Å². The summed E-state index contributed by atoms with van der Waals surface area (Å²) in [6.07, 6.45) is 2.87. The van der Waals surface area contributed by atoms with E-state index in [0.717, 1.165) is 24.8 Å². The van der Waals surface area contributed by atoms with Crippen molar-refractivity contribution in [1.82, 2.24) is 9.62 Å². The van der Waals surface area contributed by atoms with E-state index >= 15 is 0 Å². The fourth-order valence-corrected chi connectivity index (χ4v) is 5.05. The Labute approximate surface area is 169 Å². The van der Waals surface area contributed by atoms with Crippen molar-refractivity contribution in [3.05, 3.63) is 63.6 Å². The van der Waals surface area contributed by atoms with E-state index in [4.69, 9.17) is 23.2 Å². The largest absolute Gasteiger partial charge is 0.348 e. The third-order valence-electron chi connectivity index (χ3n) is 4.45. The zero-order chi connectivity index (χ0) is 19.4. The highest BCUT2D eigenvalue weighted by Gasteiger charge is 2.25. The molecule has 8 heteroatoms.